The molecule has 0 heterocycles. The predicted octanol–water partition coefficient (Wildman–Crippen LogP) is 1.40. The van der Waals surface area contributed by atoms with Crippen molar-refractivity contribution in [2.45, 2.75) is 18.9 Å². The maximum Gasteiger partial charge on any atom is 0.294 e. The van der Waals surface area contributed by atoms with Crippen LogP contribution in [0.15, 0.2) is 30.3 Å². The van der Waals surface area contributed by atoms with Crippen LogP contribution in [0, 0.1) is 20.2 Å². The highest BCUT2D eigenvalue weighted by molar-refractivity contribution is 5.14. The molecule has 18 heavy (non-hydrogen) atoms. The molecule has 98 valence electrons. The number of hydrogen-bond acceptors (Lipinski definition) is 6. The zero-order valence-corrected chi connectivity index (χ0v) is 9.43. The second-order valence-electron chi connectivity index (χ2n) is 3.49. The molecule has 0 amide bonds. The monoisotopic (exact) mass is 256 g/mol. The fourth-order valence-electron chi connectivity index (χ4n) is 1.40. The van der Waals surface area contributed by atoms with Crippen molar-refractivity contribution in [2.75, 3.05) is 6.61 Å². The molecular formula is C10H12N2O6. The van der Waals surface area contributed by atoms with Gasteiger partial charge in [-0.05, 0) is 18.4 Å². The summed E-state index contributed by atoms with van der Waals surface area (Å²) in [5, 5.41) is 18.3. The van der Waals surface area contributed by atoms with Crippen LogP contribution in [0.1, 0.15) is 12.0 Å². The van der Waals surface area contributed by atoms with Gasteiger partial charge < -0.3 is 9.68 Å². The maximum absolute atomic E-state index is 10.2. The second-order valence-corrected chi connectivity index (χ2v) is 3.49. The summed E-state index contributed by atoms with van der Waals surface area (Å²) in [6.07, 6.45) is -0.176. The third-order valence-corrected chi connectivity index (χ3v) is 2.20. The number of benzene rings is 1. The van der Waals surface area contributed by atoms with Crippen LogP contribution in [-0.2, 0) is 16.1 Å². The van der Waals surface area contributed by atoms with E-state index < -0.39 is 22.9 Å². The first-order valence-corrected chi connectivity index (χ1v) is 5.20. The normalized spacial score (nSPS) is 11.6. The second kappa shape index (κ2) is 7.05. The van der Waals surface area contributed by atoms with Crippen molar-refractivity contribution in [1.82, 2.24) is 0 Å². The summed E-state index contributed by atoms with van der Waals surface area (Å²) in [5.74, 6) is 0. The number of nitrogens with zero attached hydrogens (tertiary/aromatic N) is 2. The molecule has 8 nitrogen and oxygen atoms in total. The molecule has 1 aromatic rings. The highest BCUT2D eigenvalue weighted by atomic mass is 17.0. The summed E-state index contributed by atoms with van der Waals surface area (Å²) in [4.78, 5) is 28.6. The highest BCUT2D eigenvalue weighted by Gasteiger charge is 2.15. The Hall–Kier alpha value is -2.38. The molecular weight excluding hydrogens is 244 g/mol. The van der Waals surface area contributed by atoms with Crippen LogP contribution < -0.4 is 0 Å². The number of hydrogen-bond donors (Lipinski definition) is 0. The van der Waals surface area contributed by atoms with Crippen LogP contribution >= 0.6 is 0 Å². The summed E-state index contributed by atoms with van der Waals surface area (Å²) in [7, 11) is 0. The summed E-state index contributed by atoms with van der Waals surface area (Å²) in [6.45, 7) is -0.458. The largest absolute Gasteiger partial charge is 0.312 e. The van der Waals surface area contributed by atoms with Gasteiger partial charge in [0.15, 0.2) is 0 Å². The van der Waals surface area contributed by atoms with Gasteiger partial charge in [0.05, 0.1) is 0 Å². The Kier molecular flexibility index (Phi) is 5.36. The molecule has 0 aromatic heterocycles. The third-order valence-electron chi connectivity index (χ3n) is 2.20. The van der Waals surface area contributed by atoms with E-state index in [1.165, 1.54) is 0 Å². The summed E-state index contributed by atoms with van der Waals surface area (Å²) < 4.78 is 0. The zero-order valence-electron chi connectivity index (χ0n) is 9.43. The van der Waals surface area contributed by atoms with Crippen molar-refractivity contribution in [3.8, 4) is 0 Å². The van der Waals surface area contributed by atoms with Crippen molar-refractivity contribution in [1.29, 1.82) is 0 Å². The minimum atomic E-state index is -1.00. The Morgan fingerprint density at radius 3 is 2.33 bits per heavy atom. The van der Waals surface area contributed by atoms with E-state index in [0.29, 0.717) is 6.42 Å². The first-order valence-electron chi connectivity index (χ1n) is 5.20. The van der Waals surface area contributed by atoms with E-state index >= 15 is 0 Å². The SMILES string of the molecule is O=[N+]([O-])OC[C@@H](CCc1ccccc1)O[N+](=O)[O-]. The molecule has 0 saturated heterocycles. The molecule has 0 spiro atoms. The van der Waals surface area contributed by atoms with E-state index in [1.807, 2.05) is 30.3 Å². The van der Waals surface area contributed by atoms with Gasteiger partial charge in [0.25, 0.3) is 10.2 Å². The standard InChI is InChI=1S/C10H12N2O6/c13-11(14)17-8-10(18-12(15)16)7-6-9-4-2-1-3-5-9/h1-5,10H,6-8H2/t10-/m1/s1. The first-order chi connectivity index (χ1) is 8.58. The fourth-order valence-corrected chi connectivity index (χ4v) is 1.40. The maximum atomic E-state index is 10.2. The van der Waals surface area contributed by atoms with E-state index in [2.05, 4.69) is 9.68 Å². The molecule has 0 radical (unpaired) electrons. The number of aryl methyl sites for hydroxylation is 1. The van der Waals surface area contributed by atoms with Crippen LogP contribution in [0.4, 0.5) is 0 Å². The van der Waals surface area contributed by atoms with Crippen LogP contribution in [0.5, 0.6) is 0 Å². The van der Waals surface area contributed by atoms with Crippen LogP contribution in [0.2, 0.25) is 0 Å². The third kappa shape index (κ3) is 5.64. The molecule has 0 aliphatic rings. The zero-order chi connectivity index (χ0) is 13.4. The minimum Gasteiger partial charge on any atom is -0.312 e. The lowest BCUT2D eigenvalue weighted by Gasteiger charge is -2.13. The van der Waals surface area contributed by atoms with Crippen molar-refractivity contribution >= 4 is 0 Å². The average molecular weight is 256 g/mol. The van der Waals surface area contributed by atoms with E-state index in [4.69, 9.17) is 0 Å². The Bertz CT molecular complexity index is 397. The highest BCUT2D eigenvalue weighted by Crippen LogP contribution is 2.08. The van der Waals surface area contributed by atoms with Crippen LogP contribution in [0.3, 0.4) is 0 Å². The molecule has 1 aromatic carbocycles. The van der Waals surface area contributed by atoms with Gasteiger partial charge in [0.1, 0.15) is 12.7 Å². The van der Waals surface area contributed by atoms with Gasteiger partial charge in [-0.15, -0.1) is 20.2 Å². The van der Waals surface area contributed by atoms with Crippen molar-refractivity contribution in [3.63, 3.8) is 0 Å². The molecule has 0 bridgehead atoms. The molecule has 0 saturated carbocycles. The lowest BCUT2D eigenvalue weighted by atomic mass is 10.1. The molecule has 0 aliphatic heterocycles. The molecule has 0 fully saturated rings. The van der Waals surface area contributed by atoms with Crippen molar-refractivity contribution in [3.05, 3.63) is 56.1 Å². The van der Waals surface area contributed by atoms with E-state index in [1.54, 1.807) is 0 Å². The minimum absolute atomic E-state index is 0.263. The molecule has 0 unspecified atom stereocenters. The quantitative estimate of drug-likeness (QED) is 0.514. The van der Waals surface area contributed by atoms with E-state index in [0.717, 1.165) is 5.56 Å². The van der Waals surface area contributed by atoms with Crippen molar-refractivity contribution in [2.24, 2.45) is 0 Å². The van der Waals surface area contributed by atoms with Gasteiger partial charge in [0, 0.05) is 0 Å². The van der Waals surface area contributed by atoms with Crippen LogP contribution in [0.25, 0.3) is 0 Å². The molecule has 1 atom stereocenters. The van der Waals surface area contributed by atoms with Crippen LogP contribution in [-0.4, -0.2) is 22.9 Å². The Morgan fingerprint density at radius 1 is 1.11 bits per heavy atom. The smallest absolute Gasteiger partial charge is 0.294 e. The van der Waals surface area contributed by atoms with E-state index in [-0.39, 0.29) is 6.42 Å². The lowest BCUT2D eigenvalue weighted by Crippen LogP contribution is -2.25. The number of rotatable bonds is 8. The topological polar surface area (TPSA) is 105 Å². The Morgan fingerprint density at radius 2 is 1.78 bits per heavy atom. The van der Waals surface area contributed by atoms with Gasteiger partial charge >= 0.3 is 0 Å². The molecule has 8 heteroatoms. The summed E-state index contributed by atoms with van der Waals surface area (Å²) in [6, 6.07) is 9.25. The molecule has 0 N–H and O–H groups in total. The summed E-state index contributed by atoms with van der Waals surface area (Å²) in [5.41, 5.74) is 0.968. The Balaban J connectivity index is 2.45. The lowest BCUT2D eigenvalue weighted by molar-refractivity contribution is -0.790. The molecule has 0 aliphatic carbocycles. The van der Waals surface area contributed by atoms with Gasteiger partial charge in [-0.3, -0.25) is 0 Å². The summed E-state index contributed by atoms with van der Waals surface area (Å²) >= 11 is 0. The van der Waals surface area contributed by atoms with Crippen molar-refractivity contribution < 1.29 is 19.8 Å². The van der Waals surface area contributed by atoms with E-state index in [9.17, 15) is 20.2 Å². The predicted molar refractivity (Wildman–Crippen MR) is 59.6 cm³/mol. The van der Waals surface area contributed by atoms with Gasteiger partial charge in [0.2, 0.25) is 0 Å². The van der Waals surface area contributed by atoms with Gasteiger partial charge in [-0.2, -0.15) is 0 Å². The average Bonchev–Trinajstić information content (AvgIpc) is 2.33. The van der Waals surface area contributed by atoms with Gasteiger partial charge in [-0.25, -0.2) is 0 Å². The van der Waals surface area contributed by atoms with Gasteiger partial charge in [-0.1, -0.05) is 30.3 Å². The first kappa shape index (κ1) is 13.7. The fraction of sp³-hybridized carbons (Fsp3) is 0.400. The Labute approximate surface area is 102 Å². The molecule has 1 rings (SSSR count).